The molecule has 2 rings (SSSR count). The van der Waals surface area contributed by atoms with Gasteiger partial charge in [-0.15, -0.1) is 0 Å². The van der Waals surface area contributed by atoms with Crippen LogP contribution in [-0.4, -0.2) is 49.0 Å². The Balaban J connectivity index is 1.86. The number of ether oxygens (including phenoxy) is 1. The van der Waals surface area contributed by atoms with Gasteiger partial charge >= 0.3 is 0 Å². The van der Waals surface area contributed by atoms with Gasteiger partial charge in [-0.2, -0.15) is 0 Å². The van der Waals surface area contributed by atoms with E-state index >= 15 is 0 Å². The summed E-state index contributed by atoms with van der Waals surface area (Å²) in [6.45, 7) is 7.50. The number of nitrogens with zero attached hydrogens (tertiary/aromatic N) is 1. The predicted molar refractivity (Wildman–Crippen MR) is 73.6 cm³/mol. The molecule has 2 aliphatic rings. The maximum Gasteiger partial charge on any atom is 0.0581 e. The highest BCUT2D eigenvalue weighted by atomic mass is 16.5. The van der Waals surface area contributed by atoms with E-state index in [0.29, 0.717) is 17.4 Å². The molecule has 1 aliphatic carbocycles. The first-order valence-electron chi connectivity index (χ1n) is 7.44. The summed E-state index contributed by atoms with van der Waals surface area (Å²) < 4.78 is 5.42. The zero-order chi connectivity index (χ0) is 13.2. The van der Waals surface area contributed by atoms with Gasteiger partial charge in [-0.25, -0.2) is 0 Å². The average Bonchev–Trinajstić information content (AvgIpc) is 2.35. The molecule has 1 N–H and O–H groups in total. The van der Waals surface area contributed by atoms with Gasteiger partial charge < -0.3 is 14.7 Å². The summed E-state index contributed by atoms with van der Waals surface area (Å²) in [5.74, 6) is 0.446. The molecule has 2 unspecified atom stereocenters. The molecular weight excluding hydrogens is 226 g/mol. The molecule has 0 aromatic rings. The van der Waals surface area contributed by atoms with Gasteiger partial charge in [-0.1, -0.05) is 13.8 Å². The molecular formula is C15H29NO2. The van der Waals surface area contributed by atoms with Gasteiger partial charge in [0.1, 0.15) is 0 Å². The highest BCUT2D eigenvalue weighted by Gasteiger charge is 2.35. The lowest BCUT2D eigenvalue weighted by Crippen LogP contribution is -2.44. The van der Waals surface area contributed by atoms with Crippen molar-refractivity contribution in [1.82, 2.24) is 4.90 Å². The molecule has 0 aromatic carbocycles. The molecule has 106 valence electrons. The summed E-state index contributed by atoms with van der Waals surface area (Å²) in [6, 6.07) is 0.649. The lowest BCUT2D eigenvalue weighted by Gasteiger charge is -2.42. The molecule has 1 saturated carbocycles. The van der Waals surface area contributed by atoms with Gasteiger partial charge in [0.15, 0.2) is 0 Å². The summed E-state index contributed by atoms with van der Waals surface area (Å²) >= 11 is 0. The molecule has 2 atom stereocenters. The number of aliphatic hydroxyl groups is 1. The highest BCUT2D eigenvalue weighted by Crippen LogP contribution is 2.39. The van der Waals surface area contributed by atoms with Crippen LogP contribution in [-0.2, 0) is 4.74 Å². The highest BCUT2D eigenvalue weighted by molar-refractivity contribution is 4.87. The van der Waals surface area contributed by atoms with Crippen molar-refractivity contribution in [2.24, 2.45) is 11.3 Å². The Bertz CT molecular complexity index is 261. The Labute approximate surface area is 112 Å². The van der Waals surface area contributed by atoms with E-state index in [2.05, 4.69) is 25.8 Å². The van der Waals surface area contributed by atoms with Crippen LogP contribution < -0.4 is 0 Å². The summed E-state index contributed by atoms with van der Waals surface area (Å²) in [4.78, 5) is 2.46. The van der Waals surface area contributed by atoms with Gasteiger partial charge in [0, 0.05) is 25.8 Å². The minimum atomic E-state index is -0.0969. The van der Waals surface area contributed by atoms with Crippen molar-refractivity contribution in [2.75, 3.05) is 26.8 Å². The van der Waals surface area contributed by atoms with Crippen LogP contribution in [0.15, 0.2) is 0 Å². The number of hydrogen-bond acceptors (Lipinski definition) is 3. The van der Waals surface area contributed by atoms with Crippen LogP contribution in [0, 0.1) is 11.3 Å². The zero-order valence-electron chi connectivity index (χ0n) is 12.2. The normalized spacial score (nSPS) is 33.8. The van der Waals surface area contributed by atoms with Crippen molar-refractivity contribution in [3.63, 3.8) is 0 Å². The first-order valence-corrected chi connectivity index (χ1v) is 7.44. The fourth-order valence-electron chi connectivity index (χ4n) is 3.55. The number of aliphatic hydroxyl groups excluding tert-OH is 1. The van der Waals surface area contributed by atoms with Crippen LogP contribution in [0.25, 0.3) is 0 Å². The SMILES string of the molecule is CN(CC1CC(C)(C)CCC1O)C1CCOCC1. The van der Waals surface area contributed by atoms with Gasteiger partial charge in [0.05, 0.1) is 6.10 Å². The standard InChI is InChI=1S/C15H29NO2/c1-15(2)7-4-14(17)12(10-15)11-16(3)13-5-8-18-9-6-13/h12-14,17H,4-11H2,1-3H3. The lowest BCUT2D eigenvalue weighted by atomic mass is 9.70. The second-order valence-electron chi connectivity index (χ2n) is 7.02. The summed E-state index contributed by atoms with van der Waals surface area (Å²) in [7, 11) is 2.21. The van der Waals surface area contributed by atoms with E-state index in [0.717, 1.165) is 51.9 Å². The fraction of sp³-hybridized carbons (Fsp3) is 1.00. The molecule has 2 fully saturated rings. The van der Waals surface area contributed by atoms with Gasteiger partial charge in [-0.3, -0.25) is 0 Å². The van der Waals surface area contributed by atoms with E-state index in [1.807, 2.05) is 0 Å². The first-order chi connectivity index (χ1) is 8.48. The molecule has 3 heteroatoms. The Hall–Kier alpha value is -0.120. The van der Waals surface area contributed by atoms with Crippen molar-refractivity contribution in [2.45, 2.75) is 58.1 Å². The molecule has 0 bridgehead atoms. The largest absolute Gasteiger partial charge is 0.393 e. The molecule has 1 aliphatic heterocycles. The molecule has 18 heavy (non-hydrogen) atoms. The molecule has 0 amide bonds. The maximum atomic E-state index is 10.2. The van der Waals surface area contributed by atoms with Crippen molar-refractivity contribution >= 4 is 0 Å². The van der Waals surface area contributed by atoms with E-state index in [4.69, 9.17) is 4.74 Å². The smallest absolute Gasteiger partial charge is 0.0581 e. The van der Waals surface area contributed by atoms with Gasteiger partial charge in [0.2, 0.25) is 0 Å². The van der Waals surface area contributed by atoms with Crippen LogP contribution in [0.4, 0.5) is 0 Å². The Morgan fingerprint density at radius 3 is 2.56 bits per heavy atom. The molecule has 1 heterocycles. The third-order valence-corrected chi connectivity index (χ3v) is 4.81. The lowest BCUT2D eigenvalue weighted by molar-refractivity contribution is -0.0124. The van der Waals surface area contributed by atoms with Crippen LogP contribution >= 0.6 is 0 Å². The van der Waals surface area contributed by atoms with Crippen LogP contribution in [0.5, 0.6) is 0 Å². The van der Waals surface area contributed by atoms with Gasteiger partial charge in [0.25, 0.3) is 0 Å². The fourth-order valence-corrected chi connectivity index (χ4v) is 3.55. The zero-order valence-corrected chi connectivity index (χ0v) is 12.2. The van der Waals surface area contributed by atoms with E-state index in [9.17, 15) is 5.11 Å². The van der Waals surface area contributed by atoms with E-state index in [1.54, 1.807) is 0 Å². The van der Waals surface area contributed by atoms with E-state index in [-0.39, 0.29) is 6.10 Å². The minimum Gasteiger partial charge on any atom is -0.393 e. The summed E-state index contributed by atoms with van der Waals surface area (Å²) in [5, 5.41) is 10.2. The first kappa shape index (κ1) is 14.3. The molecule has 0 aromatic heterocycles. The topological polar surface area (TPSA) is 32.7 Å². The molecule has 1 saturated heterocycles. The number of hydrogen-bond donors (Lipinski definition) is 1. The maximum absolute atomic E-state index is 10.2. The Morgan fingerprint density at radius 2 is 1.89 bits per heavy atom. The monoisotopic (exact) mass is 255 g/mol. The van der Waals surface area contributed by atoms with Crippen molar-refractivity contribution < 1.29 is 9.84 Å². The molecule has 0 radical (unpaired) electrons. The summed E-state index contributed by atoms with van der Waals surface area (Å²) in [5.41, 5.74) is 0.403. The van der Waals surface area contributed by atoms with Crippen molar-refractivity contribution in [3.8, 4) is 0 Å². The predicted octanol–water partition coefficient (Wildman–Crippen LogP) is 2.28. The third-order valence-electron chi connectivity index (χ3n) is 4.81. The van der Waals surface area contributed by atoms with Crippen molar-refractivity contribution in [1.29, 1.82) is 0 Å². The van der Waals surface area contributed by atoms with Crippen LogP contribution in [0.1, 0.15) is 46.0 Å². The quantitative estimate of drug-likeness (QED) is 0.840. The van der Waals surface area contributed by atoms with E-state index < -0.39 is 0 Å². The summed E-state index contributed by atoms with van der Waals surface area (Å²) in [6.07, 6.45) is 5.47. The second kappa shape index (κ2) is 5.89. The molecule has 0 spiro atoms. The van der Waals surface area contributed by atoms with E-state index in [1.165, 1.54) is 0 Å². The third kappa shape index (κ3) is 3.69. The Kier molecular flexibility index (Phi) is 4.68. The molecule has 3 nitrogen and oxygen atoms in total. The van der Waals surface area contributed by atoms with Gasteiger partial charge in [-0.05, 0) is 50.5 Å². The van der Waals surface area contributed by atoms with Crippen LogP contribution in [0.2, 0.25) is 0 Å². The van der Waals surface area contributed by atoms with Crippen molar-refractivity contribution in [3.05, 3.63) is 0 Å². The number of rotatable bonds is 3. The van der Waals surface area contributed by atoms with Crippen LogP contribution in [0.3, 0.4) is 0 Å². The Morgan fingerprint density at radius 1 is 1.22 bits per heavy atom. The second-order valence-corrected chi connectivity index (χ2v) is 7.02. The minimum absolute atomic E-state index is 0.0969. The average molecular weight is 255 g/mol.